The Morgan fingerprint density at radius 1 is 1.04 bits per heavy atom. The fraction of sp³-hybridized carbons (Fsp3) is 0.294. The number of anilines is 3. The lowest BCUT2D eigenvalue weighted by atomic mass is 10.2. The predicted octanol–water partition coefficient (Wildman–Crippen LogP) is 2.82. The number of hydrogen-bond acceptors (Lipinski definition) is 5. The second-order valence-electron chi connectivity index (χ2n) is 5.73. The Balaban J connectivity index is 2.17. The van der Waals surface area contributed by atoms with E-state index in [4.69, 9.17) is 0 Å². The van der Waals surface area contributed by atoms with E-state index in [1.54, 1.807) is 37.3 Å². The lowest BCUT2D eigenvalue weighted by molar-refractivity contribution is -0.114. The Labute approximate surface area is 140 Å². The van der Waals surface area contributed by atoms with E-state index in [1.165, 1.54) is 6.92 Å². The van der Waals surface area contributed by atoms with Gasteiger partial charge in [0, 0.05) is 30.0 Å². The van der Waals surface area contributed by atoms with Gasteiger partial charge >= 0.3 is 0 Å². The highest BCUT2D eigenvalue weighted by molar-refractivity contribution is 6.03. The third kappa shape index (κ3) is 5.05. The van der Waals surface area contributed by atoms with Gasteiger partial charge in [0.05, 0.1) is 0 Å². The van der Waals surface area contributed by atoms with Crippen molar-refractivity contribution in [2.45, 2.75) is 33.7 Å². The highest BCUT2D eigenvalue weighted by Crippen LogP contribution is 2.16. The number of carbonyl (C=O) groups is 2. The van der Waals surface area contributed by atoms with Gasteiger partial charge in [0.25, 0.3) is 5.91 Å². The number of rotatable bonds is 5. The van der Waals surface area contributed by atoms with Crippen LogP contribution in [0.2, 0.25) is 0 Å². The number of aryl methyl sites for hydroxylation is 1. The number of amides is 2. The molecule has 126 valence electrons. The maximum absolute atomic E-state index is 12.4. The van der Waals surface area contributed by atoms with Gasteiger partial charge < -0.3 is 16.0 Å². The lowest BCUT2D eigenvalue weighted by Gasteiger charge is -2.11. The van der Waals surface area contributed by atoms with Crippen LogP contribution in [-0.2, 0) is 4.79 Å². The summed E-state index contributed by atoms with van der Waals surface area (Å²) >= 11 is 0. The molecule has 0 aliphatic carbocycles. The van der Waals surface area contributed by atoms with Crippen LogP contribution in [-0.4, -0.2) is 27.8 Å². The summed E-state index contributed by atoms with van der Waals surface area (Å²) in [7, 11) is 0. The molecule has 1 heterocycles. The van der Waals surface area contributed by atoms with Crippen LogP contribution in [0, 0.1) is 6.92 Å². The van der Waals surface area contributed by atoms with Crippen molar-refractivity contribution in [2.24, 2.45) is 0 Å². The summed E-state index contributed by atoms with van der Waals surface area (Å²) in [6.45, 7) is 7.18. The summed E-state index contributed by atoms with van der Waals surface area (Å²) in [5.41, 5.74) is 2.16. The minimum absolute atomic E-state index is 0.164. The Hall–Kier alpha value is -2.96. The van der Waals surface area contributed by atoms with E-state index in [-0.39, 0.29) is 23.6 Å². The van der Waals surface area contributed by atoms with Gasteiger partial charge in [-0.15, -0.1) is 0 Å². The topological polar surface area (TPSA) is 96.0 Å². The minimum Gasteiger partial charge on any atom is -0.352 e. The molecule has 0 atom stereocenters. The molecule has 3 N–H and O–H groups in total. The zero-order chi connectivity index (χ0) is 17.7. The Kier molecular flexibility index (Phi) is 5.47. The van der Waals surface area contributed by atoms with Crippen LogP contribution in [0.3, 0.4) is 0 Å². The molecule has 24 heavy (non-hydrogen) atoms. The second kappa shape index (κ2) is 7.54. The first-order valence-corrected chi connectivity index (χ1v) is 7.64. The first-order valence-electron chi connectivity index (χ1n) is 7.64. The number of hydrogen-bond donors (Lipinski definition) is 3. The van der Waals surface area contributed by atoms with Crippen molar-refractivity contribution in [3.63, 3.8) is 0 Å². The largest absolute Gasteiger partial charge is 0.352 e. The van der Waals surface area contributed by atoms with E-state index in [0.717, 1.165) is 0 Å². The SMILES string of the molecule is CC(=O)Nc1cccc(NC(=O)c2cc(C)nc(NC(C)C)n2)c1. The van der Waals surface area contributed by atoms with Gasteiger partial charge in [-0.05, 0) is 45.0 Å². The monoisotopic (exact) mass is 327 g/mol. The lowest BCUT2D eigenvalue weighted by Crippen LogP contribution is -2.18. The standard InChI is InChI=1S/C17H21N5O2/c1-10(2)18-17-19-11(3)8-15(22-17)16(24)21-14-7-5-6-13(9-14)20-12(4)23/h5-10H,1-4H3,(H,20,23)(H,21,24)(H,18,19,22). The Bertz CT molecular complexity index is 758. The van der Waals surface area contributed by atoms with Crippen LogP contribution in [0.1, 0.15) is 37.0 Å². The molecule has 0 spiro atoms. The van der Waals surface area contributed by atoms with Gasteiger partial charge in [-0.1, -0.05) is 6.07 Å². The van der Waals surface area contributed by atoms with Gasteiger partial charge in [0.2, 0.25) is 11.9 Å². The third-order valence-electron chi connectivity index (χ3n) is 2.95. The van der Waals surface area contributed by atoms with Crippen molar-refractivity contribution in [3.8, 4) is 0 Å². The van der Waals surface area contributed by atoms with Gasteiger partial charge in [-0.3, -0.25) is 9.59 Å². The quantitative estimate of drug-likeness (QED) is 0.785. The van der Waals surface area contributed by atoms with Crippen LogP contribution in [0.5, 0.6) is 0 Å². The van der Waals surface area contributed by atoms with Crippen LogP contribution >= 0.6 is 0 Å². The molecule has 0 bridgehead atoms. The number of aromatic nitrogens is 2. The molecule has 0 aliphatic heterocycles. The maximum Gasteiger partial charge on any atom is 0.274 e. The van der Waals surface area contributed by atoms with E-state index in [9.17, 15) is 9.59 Å². The van der Waals surface area contributed by atoms with Crippen molar-refractivity contribution >= 4 is 29.1 Å². The van der Waals surface area contributed by atoms with Gasteiger partial charge in [0.1, 0.15) is 5.69 Å². The highest BCUT2D eigenvalue weighted by Gasteiger charge is 2.12. The molecule has 2 rings (SSSR count). The molecule has 0 fully saturated rings. The average molecular weight is 327 g/mol. The first kappa shape index (κ1) is 17.4. The van der Waals surface area contributed by atoms with Crippen molar-refractivity contribution < 1.29 is 9.59 Å². The van der Waals surface area contributed by atoms with Crippen LogP contribution in [0.4, 0.5) is 17.3 Å². The average Bonchev–Trinajstić information content (AvgIpc) is 2.45. The fourth-order valence-corrected chi connectivity index (χ4v) is 2.08. The van der Waals surface area contributed by atoms with E-state index in [0.29, 0.717) is 23.0 Å². The van der Waals surface area contributed by atoms with Gasteiger partial charge in [-0.25, -0.2) is 9.97 Å². The fourth-order valence-electron chi connectivity index (χ4n) is 2.08. The normalized spacial score (nSPS) is 10.4. The summed E-state index contributed by atoms with van der Waals surface area (Å²) in [5, 5.41) is 8.53. The van der Waals surface area contributed by atoms with Crippen LogP contribution in [0.15, 0.2) is 30.3 Å². The second-order valence-corrected chi connectivity index (χ2v) is 5.73. The van der Waals surface area contributed by atoms with Crippen molar-refractivity contribution in [3.05, 3.63) is 41.7 Å². The Morgan fingerprint density at radius 2 is 1.71 bits per heavy atom. The van der Waals surface area contributed by atoms with Crippen molar-refractivity contribution in [1.82, 2.24) is 9.97 Å². The summed E-state index contributed by atoms with van der Waals surface area (Å²) in [5.74, 6) is -0.0938. The minimum atomic E-state index is -0.340. The van der Waals surface area contributed by atoms with Crippen LogP contribution < -0.4 is 16.0 Å². The third-order valence-corrected chi connectivity index (χ3v) is 2.95. The number of nitrogens with one attached hydrogen (secondary N) is 3. The summed E-state index contributed by atoms with van der Waals surface area (Å²) in [4.78, 5) is 32.0. The smallest absolute Gasteiger partial charge is 0.274 e. The summed E-state index contributed by atoms with van der Waals surface area (Å²) in [6.07, 6.45) is 0. The van der Waals surface area contributed by atoms with E-state index < -0.39 is 0 Å². The number of nitrogens with zero attached hydrogens (tertiary/aromatic N) is 2. The molecule has 0 unspecified atom stereocenters. The van der Waals surface area contributed by atoms with E-state index >= 15 is 0 Å². The Morgan fingerprint density at radius 3 is 2.33 bits per heavy atom. The number of benzene rings is 1. The molecule has 1 aromatic heterocycles. The van der Waals surface area contributed by atoms with Gasteiger partial charge in [-0.2, -0.15) is 0 Å². The summed E-state index contributed by atoms with van der Waals surface area (Å²) < 4.78 is 0. The molecule has 1 aromatic carbocycles. The zero-order valence-electron chi connectivity index (χ0n) is 14.2. The zero-order valence-corrected chi connectivity index (χ0v) is 14.2. The highest BCUT2D eigenvalue weighted by atomic mass is 16.2. The molecule has 7 nitrogen and oxygen atoms in total. The summed E-state index contributed by atoms with van der Waals surface area (Å²) in [6, 6.07) is 8.70. The molecular formula is C17H21N5O2. The first-order chi connectivity index (χ1) is 11.3. The molecule has 2 aromatic rings. The maximum atomic E-state index is 12.4. The molecular weight excluding hydrogens is 306 g/mol. The number of carbonyl (C=O) groups excluding carboxylic acids is 2. The predicted molar refractivity (Wildman–Crippen MR) is 94.2 cm³/mol. The molecule has 0 saturated carbocycles. The van der Waals surface area contributed by atoms with E-state index in [2.05, 4.69) is 25.9 Å². The molecule has 7 heteroatoms. The van der Waals surface area contributed by atoms with Crippen molar-refractivity contribution in [1.29, 1.82) is 0 Å². The van der Waals surface area contributed by atoms with E-state index in [1.807, 2.05) is 13.8 Å². The molecule has 0 saturated heterocycles. The van der Waals surface area contributed by atoms with Crippen molar-refractivity contribution in [2.75, 3.05) is 16.0 Å². The molecule has 2 amide bonds. The molecule has 0 aliphatic rings. The van der Waals surface area contributed by atoms with Gasteiger partial charge in [0.15, 0.2) is 0 Å². The molecule has 0 radical (unpaired) electrons. The van der Waals surface area contributed by atoms with Crippen LogP contribution in [0.25, 0.3) is 0 Å².